The summed E-state index contributed by atoms with van der Waals surface area (Å²) >= 11 is 3.40. The van der Waals surface area contributed by atoms with E-state index >= 15 is 0 Å². The molecule has 0 unspecified atom stereocenters. The molecule has 0 aliphatic carbocycles. The Bertz CT molecular complexity index is 946. The highest BCUT2D eigenvalue weighted by Crippen LogP contribution is 2.33. The first-order chi connectivity index (χ1) is 13.5. The third-order valence-corrected chi connectivity index (χ3v) is 5.42. The van der Waals surface area contributed by atoms with Crippen molar-refractivity contribution < 1.29 is 18.7 Å². The van der Waals surface area contributed by atoms with Crippen molar-refractivity contribution in [2.45, 2.75) is 13.0 Å². The molecule has 8 heteroatoms. The number of halogens is 2. The lowest BCUT2D eigenvalue weighted by molar-refractivity contribution is -0.129. The van der Waals surface area contributed by atoms with Gasteiger partial charge in [-0.15, -0.1) is 0 Å². The van der Waals surface area contributed by atoms with Crippen LogP contribution in [0.25, 0.3) is 0 Å². The van der Waals surface area contributed by atoms with Gasteiger partial charge in [0.1, 0.15) is 18.5 Å². The lowest BCUT2D eigenvalue weighted by Gasteiger charge is -2.27. The highest BCUT2D eigenvalue weighted by molar-refractivity contribution is 9.10. The minimum absolute atomic E-state index is 0.190. The molecule has 0 aromatic heterocycles. The first-order valence-corrected chi connectivity index (χ1v) is 9.62. The number of benzene rings is 2. The van der Waals surface area contributed by atoms with Gasteiger partial charge < -0.3 is 4.74 Å². The average molecular weight is 446 g/mol. The Morgan fingerprint density at radius 2 is 1.86 bits per heavy atom. The van der Waals surface area contributed by atoms with Crippen LogP contribution in [0.2, 0.25) is 0 Å². The molecule has 2 aliphatic heterocycles. The Kier molecular flexibility index (Phi) is 4.89. The Labute approximate surface area is 169 Å². The number of nitrogens with zero attached hydrogens (tertiary/aromatic N) is 3. The third kappa shape index (κ3) is 3.28. The number of carbonyl (C=O) groups excluding carboxylic acids is 2. The monoisotopic (exact) mass is 445 g/mol. The van der Waals surface area contributed by atoms with Crippen molar-refractivity contribution in [3.8, 4) is 0 Å². The molecule has 0 spiro atoms. The summed E-state index contributed by atoms with van der Waals surface area (Å²) in [7, 11) is 0. The summed E-state index contributed by atoms with van der Waals surface area (Å²) in [5.41, 5.74) is 2.11. The number of imide groups is 1. The maximum absolute atomic E-state index is 13.3. The number of ether oxygens (including phenoxy) is 1. The fourth-order valence-corrected chi connectivity index (χ4v) is 3.72. The van der Waals surface area contributed by atoms with Gasteiger partial charge in [-0.1, -0.05) is 35.0 Å². The fourth-order valence-electron chi connectivity index (χ4n) is 3.46. The zero-order chi connectivity index (χ0) is 19.8. The van der Waals surface area contributed by atoms with Crippen molar-refractivity contribution in [3.05, 3.63) is 64.4 Å². The van der Waals surface area contributed by atoms with Crippen molar-refractivity contribution in [1.29, 1.82) is 0 Å². The normalized spacial score (nSPS) is 21.7. The molecule has 2 heterocycles. The van der Waals surface area contributed by atoms with Gasteiger partial charge >= 0.3 is 6.09 Å². The van der Waals surface area contributed by atoms with Crippen LogP contribution in [0.1, 0.15) is 12.5 Å². The molecule has 4 rings (SSSR count). The molecule has 144 valence electrons. The fraction of sp³-hybridized carbons (Fsp3) is 0.250. The van der Waals surface area contributed by atoms with Crippen LogP contribution in [-0.2, 0) is 9.53 Å². The molecular formula is C20H17BrFN3O3. The molecule has 2 aliphatic rings. The molecule has 1 fully saturated rings. The highest BCUT2D eigenvalue weighted by Gasteiger charge is 2.45. The molecule has 2 amide bonds. The van der Waals surface area contributed by atoms with Crippen molar-refractivity contribution in [2.24, 2.45) is 11.0 Å². The summed E-state index contributed by atoms with van der Waals surface area (Å²) in [5.74, 6) is -1.01. The number of carbonyl (C=O) groups is 2. The van der Waals surface area contributed by atoms with E-state index in [-0.39, 0.29) is 30.8 Å². The van der Waals surface area contributed by atoms with Crippen LogP contribution < -0.4 is 5.01 Å². The first-order valence-electron chi connectivity index (χ1n) is 8.83. The van der Waals surface area contributed by atoms with Crippen LogP contribution >= 0.6 is 15.9 Å². The molecule has 0 radical (unpaired) electrons. The van der Waals surface area contributed by atoms with Crippen LogP contribution in [-0.4, -0.2) is 41.8 Å². The molecule has 0 saturated carbocycles. The Hall–Kier alpha value is -2.74. The van der Waals surface area contributed by atoms with E-state index in [0.717, 1.165) is 20.6 Å². The van der Waals surface area contributed by atoms with Gasteiger partial charge in [-0.05, 0) is 42.0 Å². The van der Waals surface area contributed by atoms with E-state index in [9.17, 15) is 14.0 Å². The van der Waals surface area contributed by atoms with Crippen LogP contribution in [0.4, 0.5) is 14.9 Å². The summed E-state index contributed by atoms with van der Waals surface area (Å²) < 4.78 is 19.2. The summed E-state index contributed by atoms with van der Waals surface area (Å²) in [6.07, 6.45) is -0.636. The van der Waals surface area contributed by atoms with Gasteiger partial charge in [-0.25, -0.2) is 14.1 Å². The van der Waals surface area contributed by atoms with Gasteiger partial charge in [0, 0.05) is 10.4 Å². The van der Waals surface area contributed by atoms with Gasteiger partial charge in [0.25, 0.3) is 5.91 Å². The molecule has 0 bridgehead atoms. The standard InChI is InChI=1S/C20H17BrFN3O3/c1-12-17(13-2-6-15(22)7-3-13)23-25(16-8-4-14(21)5-9-16)18(12)19(26)24-10-11-28-20(24)27/h2-9,12,18H,10-11H2,1H3/t12-,18-/m1/s1. The zero-order valence-corrected chi connectivity index (χ0v) is 16.6. The Morgan fingerprint density at radius 3 is 2.46 bits per heavy atom. The minimum atomic E-state index is -0.702. The van der Waals surface area contributed by atoms with Gasteiger partial charge in [0.2, 0.25) is 0 Å². The lowest BCUT2D eigenvalue weighted by Crippen LogP contribution is -2.48. The number of cyclic esters (lactones) is 1. The van der Waals surface area contributed by atoms with Gasteiger partial charge in [-0.3, -0.25) is 9.80 Å². The molecule has 0 N–H and O–H groups in total. The third-order valence-electron chi connectivity index (χ3n) is 4.89. The summed E-state index contributed by atoms with van der Waals surface area (Å²) in [5, 5.41) is 6.31. The molecule has 2 atom stereocenters. The SMILES string of the molecule is C[C@@H]1C(c2ccc(F)cc2)=NN(c2ccc(Br)cc2)[C@H]1C(=O)N1CCOC1=O. The number of hydrogen-bond acceptors (Lipinski definition) is 5. The maximum Gasteiger partial charge on any atom is 0.416 e. The second-order valence-corrected chi connectivity index (χ2v) is 7.57. The Balaban J connectivity index is 1.74. The summed E-state index contributed by atoms with van der Waals surface area (Å²) in [4.78, 5) is 26.2. The molecule has 28 heavy (non-hydrogen) atoms. The lowest BCUT2D eigenvalue weighted by atomic mass is 9.92. The topological polar surface area (TPSA) is 62.2 Å². The van der Waals surface area contributed by atoms with Crippen molar-refractivity contribution in [3.63, 3.8) is 0 Å². The average Bonchev–Trinajstić information content (AvgIpc) is 3.26. The number of amides is 2. The summed E-state index contributed by atoms with van der Waals surface area (Å²) in [6, 6.07) is 12.7. The van der Waals surface area contributed by atoms with E-state index in [0.29, 0.717) is 5.71 Å². The number of hydrogen-bond donors (Lipinski definition) is 0. The molecular weight excluding hydrogens is 429 g/mol. The molecule has 1 saturated heterocycles. The molecule has 6 nitrogen and oxygen atoms in total. The van der Waals surface area contributed by atoms with Crippen LogP contribution in [0.15, 0.2) is 58.1 Å². The van der Waals surface area contributed by atoms with Gasteiger partial charge in [0.05, 0.1) is 17.9 Å². The largest absolute Gasteiger partial charge is 0.447 e. The van der Waals surface area contributed by atoms with Crippen molar-refractivity contribution in [1.82, 2.24) is 4.90 Å². The van der Waals surface area contributed by atoms with E-state index in [1.807, 2.05) is 31.2 Å². The van der Waals surface area contributed by atoms with Gasteiger partial charge in [0.15, 0.2) is 0 Å². The van der Waals surface area contributed by atoms with Crippen molar-refractivity contribution in [2.75, 3.05) is 18.2 Å². The number of hydrazone groups is 1. The minimum Gasteiger partial charge on any atom is -0.447 e. The summed E-state index contributed by atoms with van der Waals surface area (Å²) in [6.45, 7) is 2.29. The second kappa shape index (κ2) is 7.35. The molecule has 2 aromatic carbocycles. The van der Waals surface area contributed by atoms with E-state index in [1.165, 1.54) is 12.1 Å². The van der Waals surface area contributed by atoms with E-state index in [4.69, 9.17) is 4.74 Å². The van der Waals surface area contributed by atoms with E-state index < -0.39 is 12.1 Å². The van der Waals surface area contributed by atoms with Gasteiger partial charge in [-0.2, -0.15) is 5.10 Å². The quantitative estimate of drug-likeness (QED) is 0.720. The smallest absolute Gasteiger partial charge is 0.416 e. The predicted octanol–water partition coefficient (Wildman–Crippen LogP) is 3.80. The van der Waals surface area contributed by atoms with Crippen molar-refractivity contribution >= 4 is 39.3 Å². The zero-order valence-electron chi connectivity index (χ0n) is 15.0. The van der Waals surface area contributed by atoms with Crippen LogP contribution in [0.5, 0.6) is 0 Å². The van der Waals surface area contributed by atoms with Crippen LogP contribution in [0.3, 0.4) is 0 Å². The van der Waals surface area contributed by atoms with E-state index in [2.05, 4.69) is 21.0 Å². The highest BCUT2D eigenvalue weighted by atomic mass is 79.9. The number of anilines is 1. The predicted molar refractivity (Wildman–Crippen MR) is 106 cm³/mol. The van der Waals surface area contributed by atoms with E-state index in [1.54, 1.807) is 17.1 Å². The number of rotatable bonds is 3. The maximum atomic E-state index is 13.3. The first kappa shape index (κ1) is 18.6. The van der Waals surface area contributed by atoms with Crippen LogP contribution in [0, 0.1) is 11.7 Å². The Morgan fingerprint density at radius 1 is 1.18 bits per heavy atom. The second-order valence-electron chi connectivity index (χ2n) is 6.65. The molecule has 2 aromatic rings.